The molecule has 5 nitrogen and oxygen atoms in total. The van der Waals surface area contributed by atoms with Crippen molar-refractivity contribution in [3.63, 3.8) is 0 Å². The van der Waals surface area contributed by atoms with E-state index in [9.17, 15) is 13.5 Å². The molecule has 0 bridgehead atoms. The maximum Gasteiger partial charge on any atom is 0.243 e. The highest BCUT2D eigenvalue weighted by molar-refractivity contribution is 7.89. The average Bonchev–Trinajstić information content (AvgIpc) is 2.55. The molecule has 1 saturated heterocycles. The molecule has 1 aromatic rings. The van der Waals surface area contributed by atoms with Gasteiger partial charge in [0.1, 0.15) is 0 Å². The summed E-state index contributed by atoms with van der Waals surface area (Å²) in [5.41, 5.74) is 0.762. The van der Waals surface area contributed by atoms with Crippen molar-refractivity contribution >= 4 is 10.0 Å². The Morgan fingerprint density at radius 2 is 1.83 bits per heavy atom. The Labute approximate surface area is 139 Å². The molecule has 130 valence electrons. The first kappa shape index (κ1) is 18.4. The summed E-state index contributed by atoms with van der Waals surface area (Å²) in [6.07, 6.45) is 2.37. The summed E-state index contributed by atoms with van der Waals surface area (Å²) in [6, 6.07) is 7.25. The summed E-state index contributed by atoms with van der Waals surface area (Å²) < 4.78 is 26.9. The van der Waals surface area contributed by atoms with Gasteiger partial charge in [-0.2, -0.15) is 4.31 Å². The fourth-order valence-electron chi connectivity index (χ4n) is 2.85. The van der Waals surface area contributed by atoms with Crippen LogP contribution < -0.4 is 5.32 Å². The highest BCUT2D eigenvalue weighted by atomic mass is 32.2. The zero-order valence-electron chi connectivity index (χ0n) is 14.2. The normalized spacial score (nSPS) is 20.3. The van der Waals surface area contributed by atoms with Gasteiger partial charge in [-0.25, -0.2) is 8.42 Å². The molecule has 6 heteroatoms. The smallest absolute Gasteiger partial charge is 0.243 e. The van der Waals surface area contributed by atoms with Crippen molar-refractivity contribution in [3.8, 4) is 0 Å². The van der Waals surface area contributed by atoms with E-state index in [1.54, 1.807) is 16.4 Å². The number of hydrogen-bond acceptors (Lipinski definition) is 4. The number of aliphatic hydroxyl groups is 1. The first-order valence-corrected chi connectivity index (χ1v) is 9.70. The van der Waals surface area contributed by atoms with Crippen molar-refractivity contribution in [3.05, 3.63) is 29.8 Å². The van der Waals surface area contributed by atoms with Crippen molar-refractivity contribution in [2.45, 2.75) is 56.5 Å². The molecule has 1 aliphatic heterocycles. The second-order valence-corrected chi connectivity index (χ2v) is 8.65. The van der Waals surface area contributed by atoms with E-state index in [0.29, 0.717) is 18.0 Å². The van der Waals surface area contributed by atoms with Crippen molar-refractivity contribution in [1.29, 1.82) is 0 Å². The maximum absolute atomic E-state index is 12.7. The van der Waals surface area contributed by atoms with Gasteiger partial charge in [0, 0.05) is 24.7 Å². The van der Waals surface area contributed by atoms with Gasteiger partial charge in [-0.1, -0.05) is 24.6 Å². The number of sulfonamides is 1. The first-order chi connectivity index (χ1) is 10.8. The van der Waals surface area contributed by atoms with Crippen LogP contribution in [0, 0.1) is 6.92 Å². The molecule has 0 amide bonds. The minimum atomic E-state index is -3.40. The molecule has 1 fully saturated rings. The Hall–Kier alpha value is -0.950. The molecule has 1 unspecified atom stereocenters. The average molecular weight is 340 g/mol. The lowest BCUT2D eigenvalue weighted by Gasteiger charge is -2.37. The molecule has 1 atom stereocenters. The Bertz CT molecular complexity index is 601. The molecule has 2 rings (SSSR count). The van der Waals surface area contributed by atoms with E-state index in [2.05, 4.69) is 5.32 Å². The standard InChI is InChI=1S/C17H28N2O3S/c1-4-17(3,13-20)18-15-9-11-19(12-10-15)23(21,22)16-7-5-14(2)6-8-16/h5-8,15,18,20H,4,9-13H2,1-3H3. The largest absolute Gasteiger partial charge is 0.394 e. The molecule has 1 aromatic carbocycles. The van der Waals surface area contributed by atoms with Crippen LogP contribution in [0.3, 0.4) is 0 Å². The van der Waals surface area contributed by atoms with E-state index in [1.807, 2.05) is 32.9 Å². The van der Waals surface area contributed by atoms with Crippen LogP contribution in [0.4, 0.5) is 0 Å². The van der Waals surface area contributed by atoms with Crippen LogP contribution in [0.5, 0.6) is 0 Å². The molecule has 0 aromatic heterocycles. The molecule has 23 heavy (non-hydrogen) atoms. The Morgan fingerprint density at radius 3 is 2.30 bits per heavy atom. The topological polar surface area (TPSA) is 69.6 Å². The minimum Gasteiger partial charge on any atom is -0.394 e. The molecule has 1 aliphatic rings. The molecule has 0 radical (unpaired) electrons. The van der Waals surface area contributed by atoms with Crippen LogP contribution in [0.25, 0.3) is 0 Å². The third kappa shape index (κ3) is 4.32. The number of hydrogen-bond donors (Lipinski definition) is 2. The van der Waals surface area contributed by atoms with Crippen molar-refractivity contribution in [2.75, 3.05) is 19.7 Å². The van der Waals surface area contributed by atoms with Gasteiger partial charge in [-0.15, -0.1) is 0 Å². The number of benzene rings is 1. The van der Waals surface area contributed by atoms with E-state index in [4.69, 9.17) is 0 Å². The van der Waals surface area contributed by atoms with Gasteiger partial charge >= 0.3 is 0 Å². The second-order valence-electron chi connectivity index (χ2n) is 6.71. The van der Waals surface area contributed by atoms with Gasteiger partial charge in [-0.3, -0.25) is 0 Å². The summed E-state index contributed by atoms with van der Waals surface area (Å²) in [7, 11) is -3.40. The van der Waals surface area contributed by atoms with Gasteiger partial charge in [0.05, 0.1) is 11.5 Å². The van der Waals surface area contributed by atoms with Crippen LogP contribution >= 0.6 is 0 Å². The summed E-state index contributed by atoms with van der Waals surface area (Å²) in [5, 5.41) is 13.0. The zero-order chi connectivity index (χ0) is 17.1. The maximum atomic E-state index is 12.7. The Kier molecular flexibility index (Phi) is 5.84. The van der Waals surface area contributed by atoms with E-state index >= 15 is 0 Å². The third-order valence-electron chi connectivity index (χ3n) is 4.79. The molecule has 2 N–H and O–H groups in total. The van der Waals surface area contributed by atoms with Crippen molar-refractivity contribution in [1.82, 2.24) is 9.62 Å². The van der Waals surface area contributed by atoms with Gasteiger partial charge in [0.2, 0.25) is 10.0 Å². The summed E-state index contributed by atoms with van der Waals surface area (Å²) in [6.45, 7) is 7.10. The summed E-state index contributed by atoms with van der Waals surface area (Å²) in [5.74, 6) is 0. The monoisotopic (exact) mass is 340 g/mol. The number of aliphatic hydroxyl groups excluding tert-OH is 1. The van der Waals surface area contributed by atoms with E-state index < -0.39 is 10.0 Å². The quantitative estimate of drug-likeness (QED) is 0.830. The number of piperidine rings is 1. The SMILES string of the molecule is CCC(C)(CO)NC1CCN(S(=O)(=O)c2ccc(C)cc2)CC1. The summed E-state index contributed by atoms with van der Waals surface area (Å²) >= 11 is 0. The molecule has 1 heterocycles. The molecule has 0 aliphatic carbocycles. The highest BCUT2D eigenvalue weighted by Crippen LogP contribution is 2.22. The van der Waals surface area contributed by atoms with E-state index in [1.165, 1.54) is 0 Å². The fourth-order valence-corrected chi connectivity index (χ4v) is 4.32. The zero-order valence-corrected chi connectivity index (χ0v) is 15.1. The lowest BCUT2D eigenvalue weighted by molar-refractivity contribution is 0.141. The van der Waals surface area contributed by atoms with Gasteiger partial charge in [-0.05, 0) is 45.2 Å². The van der Waals surface area contributed by atoms with Crippen LogP contribution in [0.2, 0.25) is 0 Å². The fraction of sp³-hybridized carbons (Fsp3) is 0.647. The minimum absolute atomic E-state index is 0.0887. The number of nitrogens with one attached hydrogen (secondary N) is 1. The first-order valence-electron chi connectivity index (χ1n) is 8.26. The Morgan fingerprint density at radius 1 is 1.26 bits per heavy atom. The highest BCUT2D eigenvalue weighted by Gasteiger charge is 2.32. The predicted molar refractivity (Wildman–Crippen MR) is 91.9 cm³/mol. The van der Waals surface area contributed by atoms with E-state index in [0.717, 1.165) is 24.8 Å². The number of nitrogens with zero attached hydrogens (tertiary/aromatic N) is 1. The van der Waals surface area contributed by atoms with Gasteiger partial charge in [0.25, 0.3) is 0 Å². The van der Waals surface area contributed by atoms with Gasteiger partial charge < -0.3 is 10.4 Å². The van der Waals surface area contributed by atoms with Crippen molar-refractivity contribution in [2.24, 2.45) is 0 Å². The second kappa shape index (κ2) is 7.30. The number of rotatable bonds is 6. The third-order valence-corrected chi connectivity index (χ3v) is 6.71. The van der Waals surface area contributed by atoms with Crippen LogP contribution in [-0.4, -0.2) is 49.1 Å². The molecular weight excluding hydrogens is 312 g/mol. The van der Waals surface area contributed by atoms with E-state index in [-0.39, 0.29) is 18.2 Å². The molecule has 0 spiro atoms. The molecule has 0 saturated carbocycles. The summed E-state index contributed by atoms with van der Waals surface area (Å²) in [4.78, 5) is 0.364. The Balaban J connectivity index is 2.00. The van der Waals surface area contributed by atoms with Crippen molar-refractivity contribution < 1.29 is 13.5 Å². The lowest BCUT2D eigenvalue weighted by atomic mass is 9.96. The van der Waals surface area contributed by atoms with Crippen LogP contribution in [0.15, 0.2) is 29.2 Å². The van der Waals surface area contributed by atoms with Crippen LogP contribution in [-0.2, 0) is 10.0 Å². The number of aryl methyl sites for hydroxylation is 1. The predicted octanol–water partition coefficient (Wildman–Crippen LogP) is 1.90. The van der Waals surface area contributed by atoms with Gasteiger partial charge in [0.15, 0.2) is 0 Å². The van der Waals surface area contributed by atoms with Crippen LogP contribution in [0.1, 0.15) is 38.7 Å². The molecular formula is C17H28N2O3S. The lowest BCUT2D eigenvalue weighted by Crippen LogP contribution is -2.54.